The molecule has 17 heavy (non-hydrogen) atoms. The van der Waals surface area contributed by atoms with Crippen LogP contribution in [0.4, 0.5) is 0 Å². The van der Waals surface area contributed by atoms with Crippen molar-refractivity contribution in [3.8, 4) is 0 Å². The monoisotopic (exact) mass is 239 g/mol. The highest BCUT2D eigenvalue weighted by atomic mass is 16.5. The Balaban J connectivity index is 1.97. The van der Waals surface area contributed by atoms with Gasteiger partial charge < -0.3 is 10.1 Å². The Bertz CT molecular complexity index is 340. The Morgan fingerprint density at radius 2 is 2.41 bits per heavy atom. The summed E-state index contributed by atoms with van der Waals surface area (Å²) < 4.78 is 7.51. The number of nitrogens with zero attached hydrogens (tertiary/aromatic N) is 4. The summed E-state index contributed by atoms with van der Waals surface area (Å²) >= 11 is 0. The Morgan fingerprint density at radius 3 is 3.18 bits per heavy atom. The molecule has 1 aromatic heterocycles. The summed E-state index contributed by atoms with van der Waals surface area (Å²) in [5, 5.41) is 15.3. The van der Waals surface area contributed by atoms with Crippen molar-refractivity contribution in [2.45, 2.75) is 51.8 Å². The van der Waals surface area contributed by atoms with E-state index in [4.69, 9.17) is 4.74 Å². The number of ether oxygens (including phenoxy) is 1. The summed E-state index contributed by atoms with van der Waals surface area (Å²) in [7, 11) is 0. The van der Waals surface area contributed by atoms with Crippen LogP contribution in [-0.4, -0.2) is 39.5 Å². The maximum atomic E-state index is 5.55. The van der Waals surface area contributed by atoms with Crippen molar-refractivity contribution in [2.75, 3.05) is 13.2 Å². The van der Waals surface area contributed by atoms with E-state index in [9.17, 15) is 0 Å². The molecule has 96 valence electrons. The maximum absolute atomic E-state index is 5.55. The lowest BCUT2D eigenvalue weighted by Gasteiger charge is -2.27. The molecule has 2 atom stereocenters. The van der Waals surface area contributed by atoms with Crippen LogP contribution in [0, 0.1) is 0 Å². The molecular weight excluding hydrogens is 218 g/mol. The van der Waals surface area contributed by atoms with E-state index in [-0.39, 0.29) is 0 Å². The molecule has 1 N–H and O–H groups in total. The number of nitrogens with one attached hydrogen (secondary N) is 1. The van der Waals surface area contributed by atoms with Gasteiger partial charge in [0.1, 0.15) is 0 Å². The summed E-state index contributed by atoms with van der Waals surface area (Å²) in [6.45, 7) is 6.79. The molecule has 2 rings (SSSR count). The van der Waals surface area contributed by atoms with Gasteiger partial charge in [-0.05, 0) is 43.2 Å². The van der Waals surface area contributed by atoms with E-state index in [0.717, 1.165) is 44.8 Å². The fraction of sp³-hybridized carbons (Fsp3) is 0.909. The van der Waals surface area contributed by atoms with Crippen LogP contribution >= 0.6 is 0 Å². The standard InChI is InChI=1S/C11H21N5O/c1-3-5-12-8-11-13-14-15-16(11)10-4-6-17-9(2)7-10/h9-10,12H,3-8H2,1-2H3. The molecule has 2 heterocycles. The van der Waals surface area contributed by atoms with Crippen molar-refractivity contribution in [1.82, 2.24) is 25.5 Å². The average Bonchev–Trinajstić information content (AvgIpc) is 2.78. The molecule has 1 aromatic rings. The van der Waals surface area contributed by atoms with Crippen molar-refractivity contribution in [1.29, 1.82) is 0 Å². The van der Waals surface area contributed by atoms with E-state index in [1.165, 1.54) is 0 Å². The summed E-state index contributed by atoms with van der Waals surface area (Å²) in [6, 6.07) is 0.382. The lowest BCUT2D eigenvalue weighted by atomic mass is 10.0. The lowest BCUT2D eigenvalue weighted by Crippen LogP contribution is -2.28. The quantitative estimate of drug-likeness (QED) is 0.774. The van der Waals surface area contributed by atoms with Gasteiger partial charge in [-0.25, -0.2) is 4.68 Å². The normalized spacial score (nSPS) is 25.1. The van der Waals surface area contributed by atoms with Crippen LogP contribution in [0.25, 0.3) is 0 Å². The van der Waals surface area contributed by atoms with Gasteiger partial charge in [-0.2, -0.15) is 0 Å². The SMILES string of the molecule is CCCNCc1nnnn1C1CCOC(C)C1. The van der Waals surface area contributed by atoms with Gasteiger partial charge in [0, 0.05) is 6.61 Å². The fourth-order valence-electron chi connectivity index (χ4n) is 2.19. The smallest absolute Gasteiger partial charge is 0.165 e. The second-order valence-electron chi connectivity index (χ2n) is 4.58. The minimum absolute atomic E-state index is 0.300. The van der Waals surface area contributed by atoms with E-state index in [0.29, 0.717) is 12.1 Å². The van der Waals surface area contributed by atoms with Gasteiger partial charge >= 0.3 is 0 Å². The second kappa shape index (κ2) is 6.07. The van der Waals surface area contributed by atoms with Crippen LogP contribution in [-0.2, 0) is 11.3 Å². The van der Waals surface area contributed by atoms with Crippen LogP contribution in [0.15, 0.2) is 0 Å². The number of hydrogen-bond acceptors (Lipinski definition) is 5. The Kier molecular flexibility index (Phi) is 4.44. The number of aromatic nitrogens is 4. The molecule has 6 nitrogen and oxygen atoms in total. The number of rotatable bonds is 5. The third-order valence-corrected chi connectivity index (χ3v) is 3.07. The minimum Gasteiger partial charge on any atom is -0.378 e. The minimum atomic E-state index is 0.300. The topological polar surface area (TPSA) is 64.9 Å². The predicted molar refractivity (Wildman–Crippen MR) is 63.5 cm³/mol. The molecule has 2 unspecified atom stereocenters. The Hall–Kier alpha value is -1.01. The molecule has 0 bridgehead atoms. The zero-order valence-corrected chi connectivity index (χ0v) is 10.6. The highest BCUT2D eigenvalue weighted by Crippen LogP contribution is 2.24. The zero-order chi connectivity index (χ0) is 12.1. The third-order valence-electron chi connectivity index (χ3n) is 3.07. The molecule has 0 saturated carbocycles. The van der Waals surface area contributed by atoms with Crippen molar-refractivity contribution in [2.24, 2.45) is 0 Å². The second-order valence-corrected chi connectivity index (χ2v) is 4.58. The number of hydrogen-bond donors (Lipinski definition) is 1. The maximum Gasteiger partial charge on any atom is 0.165 e. The molecule has 1 fully saturated rings. The zero-order valence-electron chi connectivity index (χ0n) is 10.6. The van der Waals surface area contributed by atoms with Crippen LogP contribution in [0.3, 0.4) is 0 Å². The van der Waals surface area contributed by atoms with Gasteiger partial charge in [-0.1, -0.05) is 6.92 Å². The van der Waals surface area contributed by atoms with Crippen LogP contribution in [0.5, 0.6) is 0 Å². The first kappa shape index (κ1) is 12.4. The molecule has 0 aromatic carbocycles. The Morgan fingerprint density at radius 1 is 1.53 bits per heavy atom. The molecule has 6 heteroatoms. The van der Waals surface area contributed by atoms with Crippen LogP contribution in [0.2, 0.25) is 0 Å². The van der Waals surface area contributed by atoms with Gasteiger partial charge in [0.15, 0.2) is 5.82 Å². The highest BCUT2D eigenvalue weighted by Gasteiger charge is 2.23. The molecule has 0 spiro atoms. The van der Waals surface area contributed by atoms with E-state index in [1.807, 2.05) is 4.68 Å². The van der Waals surface area contributed by atoms with Crippen molar-refractivity contribution >= 4 is 0 Å². The van der Waals surface area contributed by atoms with Gasteiger partial charge in [-0.15, -0.1) is 5.10 Å². The highest BCUT2D eigenvalue weighted by molar-refractivity contribution is 4.86. The van der Waals surface area contributed by atoms with E-state index < -0.39 is 0 Å². The fourth-order valence-corrected chi connectivity index (χ4v) is 2.19. The molecular formula is C11H21N5O. The summed E-state index contributed by atoms with van der Waals surface area (Å²) in [5.41, 5.74) is 0. The third kappa shape index (κ3) is 3.23. The first-order valence-electron chi connectivity index (χ1n) is 6.40. The van der Waals surface area contributed by atoms with E-state index in [2.05, 4.69) is 34.7 Å². The Labute approximate surface area is 102 Å². The van der Waals surface area contributed by atoms with Crippen molar-refractivity contribution in [3.05, 3.63) is 5.82 Å². The van der Waals surface area contributed by atoms with Crippen LogP contribution in [0.1, 0.15) is 45.0 Å². The molecule has 1 saturated heterocycles. The molecule has 0 aliphatic carbocycles. The summed E-state index contributed by atoms with van der Waals surface area (Å²) in [6.07, 6.45) is 3.41. The van der Waals surface area contributed by atoms with Crippen molar-refractivity contribution in [3.63, 3.8) is 0 Å². The van der Waals surface area contributed by atoms with E-state index >= 15 is 0 Å². The number of tetrazole rings is 1. The predicted octanol–water partition coefficient (Wildman–Crippen LogP) is 0.913. The first-order chi connectivity index (χ1) is 8.31. The van der Waals surface area contributed by atoms with Crippen LogP contribution < -0.4 is 5.32 Å². The summed E-state index contributed by atoms with van der Waals surface area (Å²) in [4.78, 5) is 0. The van der Waals surface area contributed by atoms with Gasteiger partial charge in [-0.3, -0.25) is 0 Å². The van der Waals surface area contributed by atoms with E-state index in [1.54, 1.807) is 0 Å². The lowest BCUT2D eigenvalue weighted by molar-refractivity contribution is 0.00249. The largest absolute Gasteiger partial charge is 0.378 e. The molecule has 1 aliphatic rings. The molecule has 1 aliphatic heterocycles. The molecule has 0 amide bonds. The first-order valence-corrected chi connectivity index (χ1v) is 6.40. The van der Waals surface area contributed by atoms with Crippen molar-refractivity contribution < 1.29 is 4.74 Å². The van der Waals surface area contributed by atoms with Gasteiger partial charge in [0.05, 0.1) is 18.7 Å². The summed E-state index contributed by atoms with van der Waals surface area (Å²) in [5.74, 6) is 0.928. The van der Waals surface area contributed by atoms with Gasteiger partial charge in [0.25, 0.3) is 0 Å². The molecule has 0 radical (unpaired) electrons. The average molecular weight is 239 g/mol. The van der Waals surface area contributed by atoms with Gasteiger partial charge in [0.2, 0.25) is 0 Å².